The third-order valence-electron chi connectivity index (χ3n) is 2.62. The zero-order valence-corrected chi connectivity index (χ0v) is 9.73. The molecule has 0 fully saturated rings. The minimum atomic E-state index is 0.666. The van der Waals surface area contributed by atoms with E-state index < -0.39 is 0 Å². The van der Waals surface area contributed by atoms with Crippen molar-refractivity contribution in [1.82, 2.24) is 0 Å². The fourth-order valence-corrected chi connectivity index (χ4v) is 1.75. The number of aryl methyl sites for hydroxylation is 1. The van der Waals surface area contributed by atoms with Gasteiger partial charge < -0.3 is 4.74 Å². The van der Waals surface area contributed by atoms with Gasteiger partial charge in [-0.2, -0.15) is 0 Å². The fourth-order valence-electron chi connectivity index (χ4n) is 1.75. The molecule has 2 aromatic rings. The molecule has 0 radical (unpaired) electrons. The topological polar surface area (TPSA) is 9.23 Å². The van der Waals surface area contributed by atoms with Crippen molar-refractivity contribution < 1.29 is 4.74 Å². The maximum absolute atomic E-state index is 5.14. The number of hydrogen-bond acceptors (Lipinski definition) is 1. The summed E-state index contributed by atoms with van der Waals surface area (Å²) in [6.07, 6.45) is 0. The molecule has 0 saturated heterocycles. The first-order valence-electron chi connectivity index (χ1n) is 5.44. The summed E-state index contributed by atoms with van der Waals surface area (Å²) in [6, 6.07) is 17.0. The van der Waals surface area contributed by atoms with Crippen LogP contribution in [0, 0.1) is 6.92 Å². The quantitative estimate of drug-likeness (QED) is 0.751. The highest BCUT2D eigenvalue weighted by Crippen LogP contribution is 2.21. The average Bonchev–Trinajstić information content (AvgIpc) is 2.31. The zero-order valence-electron chi connectivity index (χ0n) is 9.73. The second-order valence-corrected chi connectivity index (χ2v) is 4.00. The van der Waals surface area contributed by atoms with Gasteiger partial charge in [0.05, 0.1) is 6.61 Å². The number of ether oxygens (including phenoxy) is 1. The van der Waals surface area contributed by atoms with Crippen molar-refractivity contribution in [2.75, 3.05) is 7.11 Å². The summed E-state index contributed by atoms with van der Waals surface area (Å²) in [7, 11) is 1.72. The van der Waals surface area contributed by atoms with E-state index in [1.165, 1.54) is 22.3 Å². The van der Waals surface area contributed by atoms with Crippen molar-refractivity contribution in [3.05, 3.63) is 59.7 Å². The summed E-state index contributed by atoms with van der Waals surface area (Å²) in [5.41, 5.74) is 5.00. The van der Waals surface area contributed by atoms with Crippen LogP contribution in [-0.2, 0) is 11.3 Å². The van der Waals surface area contributed by atoms with Crippen LogP contribution in [0.1, 0.15) is 11.1 Å². The van der Waals surface area contributed by atoms with Crippen molar-refractivity contribution in [2.45, 2.75) is 13.5 Å². The Labute approximate surface area is 96.7 Å². The lowest BCUT2D eigenvalue weighted by atomic mass is 10.0. The lowest BCUT2D eigenvalue weighted by Crippen LogP contribution is -1.87. The Bertz CT molecular complexity index is 457. The van der Waals surface area contributed by atoms with E-state index in [0.717, 1.165) is 0 Å². The van der Waals surface area contributed by atoms with E-state index >= 15 is 0 Å². The third-order valence-corrected chi connectivity index (χ3v) is 2.62. The molecule has 1 nitrogen and oxygen atoms in total. The Morgan fingerprint density at radius 3 is 2.38 bits per heavy atom. The first-order chi connectivity index (χ1) is 7.79. The summed E-state index contributed by atoms with van der Waals surface area (Å²) in [5, 5.41) is 0. The molecule has 16 heavy (non-hydrogen) atoms. The van der Waals surface area contributed by atoms with Gasteiger partial charge in [-0.3, -0.25) is 0 Å². The van der Waals surface area contributed by atoms with Gasteiger partial charge in [0.25, 0.3) is 0 Å². The maximum Gasteiger partial charge on any atom is 0.0713 e. The summed E-state index contributed by atoms with van der Waals surface area (Å²) >= 11 is 0. The minimum absolute atomic E-state index is 0.666. The predicted molar refractivity (Wildman–Crippen MR) is 67.3 cm³/mol. The highest BCUT2D eigenvalue weighted by molar-refractivity contribution is 5.64. The highest BCUT2D eigenvalue weighted by Gasteiger charge is 1.98. The van der Waals surface area contributed by atoms with Gasteiger partial charge in [-0.05, 0) is 29.7 Å². The first kappa shape index (κ1) is 10.9. The number of methoxy groups -OCH3 is 1. The number of benzene rings is 2. The zero-order chi connectivity index (χ0) is 11.4. The molecule has 2 aromatic carbocycles. The van der Waals surface area contributed by atoms with E-state index in [2.05, 4.69) is 55.5 Å². The van der Waals surface area contributed by atoms with E-state index in [0.29, 0.717) is 6.61 Å². The van der Waals surface area contributed by atoms with Gasteiger partial charge in [0.1, 0.15) is 0 Å². The molecule has 0 amide bonds. The van der Waals surface area contributed by atoms with Gasteiger partial charge in [0.15, 0.2) is 0 Å². The molecule has 0 bridgehead atoms. The van der Waals surface area contributed by atoms with E-state index in [1.807, 2.05) is 0 Å². The van der Waals surface area contributed by atoms with Crippen LogP contribution in [0.5, 0.6) is 0 Å². The van der Waals surface area contributed by atoms with Crippen LogP contribution < -0.4 is 0 Å². The Morgan fingerprint density at radius 2 is 1.69 bits per heavy atom. The standard InChI is InChI=1S/C15H16O/c1-12-6-8-14(9-7-12)15-5-3-4-13(10-15)11-16-2/h3-10H,11H2,1-2H3. The molecule has 0 aromatic heterocycles. The molecule has 0 unspecified atom stereocenters. The smallest absolute Gasteiger partial charge is 0.0713 e. The van der Waals surface area contributed by atoms with Gasteiger partial charge in [-0.1, -0.05) is 48.0 Å². The van der Waals surface area contributed by atoms with Crippen LogP contribution in [0.25, 0.3) is 11.1 Å². The van der Waals surface area contributed by atoms with Gasteiger partial charge in [0.2, 0.25) is 0 Å². The van der Waals surface area contributed by atoms with Crippen LogP contribution in [-0.4, -0.2) is 7.11 Å². The Balaban J connectivity index is 2.32. The monoisotopic (exact) mass is 212 g/mol. The highest BCUT2D eigenvalue weighted by atomic mass is 16.5. The normalized spacial score (nSPS) is 10.4. The van der Waals surface area contributed by atoms with E-state index in [9.17, 15) is 0 Å². The van der Waals surface area contributed by atoms with Gasteiger partial charge in [-0.15, -0.1) is 0 Å². The Kier molecular flexibility index (Phi) is 3.37. The molecule has 0 N–H and O–H groups in total. The summed E-state index contributed by atoms with van der Waals surface area (Å²) in [5.74, 6) is 0. The van der Waals surface area contributed by atoms with Crippen LogP contribution in [0.15, 0.2) is 48.5 Å². The molecule has 0 heterocycles. The molecule has 0 aliphatic carbocycles. The number of hydrogen-bond donors (Lipinski definition) is 0. The minimum Gasteiger partial charge on any atom is -0.380 e. The molecule has 1 heteroatoms. The molecular formula is C15H16O. The molecule has 0 spiro atoms. The van der Waals surface area contributed by atoms with Gasteiger partial charge in [0, 0.05) is 7.11 Å². The molecule has 0 saturated carbocycles. The van der Waals surface area contributed by atoms with Crippen molar-refractivity contribution in [2.24, 2.45) is 0 Å². The van der Waals surface area contributed by atoms with E-state index in [1.54, 1.807) is 7.11 Å². The second kappa shape index (κ2) is 4.95. The molecule has 0 aliphatic heterocycles. The second-order valence-electron chi connectivity index (χ2n) is 4.00. The first-order valence-corrected chi connectivity index (χ1v) is 5.44. The van der Waals surface area contributed by atoms with Crippen molar-refractivity contribution in [1.29, 1.82) is 0 Å². The summed E-state index contributed by atoms with van der Waals surface area (Å²) in [6.45, 7) is 2.77. The van der Waals surface area contributed by atoms with Gasteiger partial charge in [-0.25, -0.2) is 0 Å². The molecule has 2 rings (SSSR count). The van der Waals surface area contributed by atoms with Crippen LogP contribution in [0.3, 0.4) is 0 Å². The van der Waals surface area contributed by atoms with Crippen LogP contribution >= 0.6 is 0 Å². The largest absolute Gasteiger partial charge is 0.380 e. The van der Waals surface area contributed by atoms with Crippen molar-refractivity contribution in [3.8, 4) is 11.1 Å². The third kappa shape index (κ3) is 2.50. The van der Waals surface area contributed by atoms with Gasteiger partial charge >= 0.3 is 0 Å². The maximum atomic E-state index is 5.14. The summed E-state index contributed by atoms with van der Waals surface area (Å²) in [4.78, 5) is 0. The molecule has 0 aliphatic rings. The van der Waals surface area contributed by atoms with Crippen molar-refractivity contribution >= 4 is 0 Å². The van der Waals surface area contributed by atoms with Crippen molar-refractivity contribution in [3.63, 3.8) is 0 Å². The lowest BCUT2D eigenvalue weighted by molar-refractivity contribution is 0.185. The average molecular weight is 212 g/mol. The summed E-state index contributed by atoms with van der Waals surface area (Å²) < 4.78 is 5.14. The fraction of sp³-hybridized carbons (Fsp3) is 0.200. The van der Waals surface area contributed by atoms with Crippen LogP contribution in [0.4, 0.5) is 0 Å². The molecular weight excluding hydrogens is 196 g/mol. The lowest BCUT2D eigenvalue weighted by Gasteiger charge is -2.05. The van der Waals surface area contributed by atoms with Crippen LogP contribution in [0.2, 0.25) is 0 Å². The Hall–Kier alpha value is -1.60. The predicted octanol–water partition coefficient (Wildman–Crippen LogP) is 3.81. The molecule has 0 atom stereocenters. The SMILES string of the molecule is COCc1cccc(-c2ccc(C)cc2)c1. The molecule has 82 valence electrons. The van der Waals surface area contributed by atoms with E-state index in [-0.39, 0.29) is 0 Å². The Morgan fingerprint density at radius 1 is 0.938 bits per heavy atom. The number of rotatable bonds is 3. The van der Waals surface area contributed by atoms with E-state index in [4.69, 9.17) is 4.74 Å².